The maximum atomic E-state index is 13.9. The summed E-state index contributed by atoms with van der Waals surface area (Å²) in [5.41, 5.74) is 3.25. The van der Waals surface area contributed by atoms with E-state index in [1.54, 1.807) is 17.0 Å². The molecule has 2 atom stereocenters. The van der Waals surface area contributed by atoms with E-state index in [-0.39, 0.29) is 23.5 Å². The summed E-state index contributed by atoms with van der Waals surface area (Å²) in [6, 6.07) is 21.4. The lowest BCUT2D eigenvalue weighted by Gasteiger charge is -2.33. The number of hydrogen-bond acceptors (Lipinski definition) is 9. The number of carbonyl (C=O) groups excluding carboxylic acids is 2. The van der Waals surface area contributed by atoms with Gasteiger partial charge in [0.25, 0.3) is 5.91 Å². The molecule has 1 aliphatic heterocycles. The van der Waals surface area contributed by atoms with Gasteiger partial charge in [0.15, 0.2) is 17.3 Å². The van der Waals surface area contributed by atoms with E-state index >= 15 is 0 Å². The molecule has 3 aromatic carbocycles. The fourth-order valence-electron chi connectivity index (χ4n) is 6.76. The summed E-state index contributed by atoms with van der Waals surface area (Å²) in [6.45, 7) is 5.26. The van der Waals surface area contributed by atoms with E-state index in [1.807, 2.05) is 61.0 Å². The first-order valence-corrected chi connectivity index (χ1v) is 16.9. The molecule has 1 aliphatic rings. The Hall–Kier alpha value is -4.45. The standard InChI is InChI=1S/C38H48N4O7/c1-6-30(49-45)25-42-32-15-11-10-14-31(32)39-37(42)35(43)27-16-19-41(20-17-27)21-18-28(26-12-8-7-9-13-26)24-40(2)38(44)29-22-33(46-3)36(48-5)34(23-29)47-4/h7-15,22-23,27-28,30,45H,6,16-21,24-25H2,1-5H3. The zero-order valence-electron chi connectivity index (χ0n) is 29.1. The molecule has 262 valence electrons. The number of likely N-dealkylation sites (N-methyl/N-ethyl adjacent to an activating group) is 1. The summed E-state index contributed by atoms with van der Waals surface area (Å²) in [4.78, 5) is 41.1. The van der Waals surface area contributed by atoms with Crippen LogP contribution >= 0.6 is 0 Å². The first kappa shape index (κ1) is 35.8. The minimum absolute atomic E-state index is 0.0396. The van der Waals surface area contributed by atoms with Crippen LogP contribution in [0.4, 0.5) is 0 Å². The van der Waals surface area contributed by atoms with Crippen molar-refractivity contribution in [2.45, 2.75) is 51.2 Å². The summed E-state index contributed by atoms with van der Waals surface area (Å²) in [7, 11) is 6.42. The highest BCUT2D eigenvalue weighted by atomic mass is 17.1. The predicted molar refractivity (Wildman–Crippen MR) is 188 cm³/mol. The van der Waals surface area contributed by atoms with Crippen LogP contribution in [0.2, 0.25) is 0 Å². The third kappa shape index (κ3) is 8.24. The first-order chi connectivity index (χ1) is 23.8. The van der Waals surface area contributed by atoms with Crippen LogP contribution in [0.3, 0.4) is 0 Å². The summed E-state index contributed by atoms with van der Waals surface area (Å²) < 4.78 is 18.3. The molecule has 1 N–H and O–H groups in total. The number of carbonyl (C=O) groups is 2. The van der Waals surface area contributed by atoms with E-state index in [2.05, 4.69) is 21.9 Å². The van der Waals surface area contributed by atoms with E-state index < -0.39 is 6.10 Å². The second kappa shape index (κ2) is 16.8. The molecule has 0 spiro atoms. The molecule has 49 heavy (non-hydrogen) atoms. The van der Waals surface area contributed by atoms with Crippen molar-refractivity contribution >= 4 is 22.7 Å². The highest BCUT2D eigenvalue weighted by Gasteiger charge is 2.31. The van der Waals surface area contributed by atoms with Crippen molar-refractivity contribution < 1.29 is 33.9 Å². The molecule has 1 aromatic heterocycles. The van der Waals surface area contributed by atoms with Crippen LogP contribution in [-0.4, -0.2) is 97.0 Å². The number of likely N-dealkylation sites (tertiary alicyclic amines) is 1. The molecule has 1 amide bonds. The number of piperidine rings is 1. The van der Waals surface area contributed by atoms with Crippen LogP contribution in [0.15, 0.2) is 66.7 Å². The Kier molecular flexibility index (Phi) is 12.3. The van der Waals surface area contributed by atoms with Crippen LogP contribution in [0, 0.1) is 5.92 Å². The quantitative estimate of drug-likeness (QED) is 0.0848. The Morgan fingerprint density at radius 2 is 1.61 bits per heavy atom. The molecule has 5 rings (SSSR count). The Balaban J connectivity index is 1.24. The van der Waals surface area contributed by atoms with E-state index in [0.717, 1.165) is 49.9 Å². The summed E-state index contributed by atoms with van der Waals surface area (Å²) >= 11 is 0. The average molecular weight is 673 g/mol. The smallest absolute Gasteiger partial charge is 0.253 e. The number of methoxy groups -OCH3 is 3. The maximum Gasteiger partial charge on any atom is 0.253 e. The maximum absolute atomic E-state index is 13.9. The summed E-state index contributed by atoms with van der Waals surface area (Å²) in [5, 5.41) is 9.39. The van der Waals surface area contributed by atoms with Gasteiger partial charge in [-0.25, -0.2) is 9.87 Å². The Bertz CT molecular complexity index is 1670. The molecule has 11 nitrogen and oxygen atoms in total. The van der Waals surface area contributed by atoms with Gasteiger partial charge in [0.2, 0.25) is 11.5 Å². The predicted octanol–water partition coefficient (Wildman–Crippen LogP) is 6.17. The van der Waals surface area contributed by atoms with Gasteiger partial charge >= 0.3 is 0 Å². The molecule has 2 unspecified atom stereocenters. The van der Waals surface area contributed by atoms with E-state index in [0.29, 0.717) is 48.1 Å². The molecular weight excluding hydrogens is 624 g/mol. The van der Waals surface area contributed by atoms with Crippen LogP contribution in [-0.2, 0) is 11.4 Å². The zero-order chi connectivity index (χ0) is 34.9. The van der Waals surface area contributed by atoms with E-state index in [9.17, 15) is 14.8 Å². The monoisotopic (exact) mass is 672 g/mol. The topological polar surface area (TPSA) is 116 Å². The molecule has 1 fully saturated rings. The molecule has 0 bridgehead atoms. The molecule has 1 saturated heterocycles. The molecule has 0 saturated carbocycles. The van der Waals surface area contributed by atoms with Gasteiger partial charge in [0, 0.05) is 31.0 Å². The van der Waals surface area contributed by atoms with Crippen LogP contribution < -0.4 is 14.2 Å². The number of benzene rings is 3. The number of amides is 1. The lowest BCUT2D eigenvalue weighted by molar-refractivity contribution is -0.281. The molecule has 0 aliphatic carbocycles. The van der Waals surface area contributed by atoms with E-state index in [4.69, 9.17) is 19.2 Å². The number of imidazole rings is 1. The number of ketones is 1. The van der Waals surface area contributed by atoms with Crippen molar-refractivity contribution in [2.75, 3.05) is 54.6 Å². The lowest BCUT2D eigenvalue weighted by Crippen LogP contribution is -2.39. The summed E-state index contributed by atoms with van der Waals surface area (Å²) in [5.74, 6) is 1.62. The second-order valence-electron chi connectivity index (χ2n) is 12.6. The van der Waals surface area contributed by atoms with Gasteiger partial charge in [0.1, 0.15) is 6.10 Å². The SMILES string of the molecule is CCC(Cn1c(C(=O)C2CCN(CCC(CN(C)C(=O)c3cc(OC)c(OC)c(OC)c3)c3ccccc3)CC2)nc2ccccc21)OO. The number of fused-ring (bicyclic) bond motifs is 1. The third-order valence-corrected chi connectivity index (χ3v) is 9.64. The van der Waals surface area contributed by atoms with Crippen molar-refractivity contribution in [3.05, 3.63) is 83.7 Å². The van der Waals surface area contributed by atoms with Gasteiger partial charge < -0.3 is 28.6 Å². The highest BCUT2D eigenvalue weighted by molar-refractivity contribution is 5.98. The molecule has 2 heterocycles. The largest absolute Gasteiger partial charge is 0.493 e. The van der Waals surface area contributed by atoms with Gasteiger partial charge in [-0.1, -0.05) is 49.4 Å². The van der Waals surface area contributed by atoms with Gasteiger partial charge in [-0.15, -0.1) is 0 Å². The number of aromatic nitrogens is 2. The number of Topliss-reactive ketones (excluding diaryl/α,β-unsaturated/α-hetero) is 1. The van der Waals surface area contributed by atoms with Gasteiger partial charge in [0.05, 0.1) is 38.9 Å². The van der Waals surface area contributed by atoms with Crippen molar-refractivity contribution in [3.8, 4) is 17.2 Å². The molecule has 11 heteroatoms. The normalized spacial score (nSPS) is 15.1. The number of hydrogen-bond donors (Lipinski definition) is 1. The van der Waals surface area contributed by atoms with Gasteiger partial charge in [-0.3, -0.25) is 14.8 Å². The van der Waals surface area contributed by atoms with E-state index in [1.165, 1.54) is 26.9 Å². The van der Waals surface area contributed by atoms with Crippen molar-refractivity contribution in [1.29, 1.82) is 0 Å². The van der Waals surface area contributed by atoms with Crippen LogP contribution in [0.5, 0.6) is 17.2 Å². The Morgan fingerprint density at radius 3 is 2.22 bits per heavy atom. The average Bonchev–Trinajstić information content (AvgIpc) is 3.52. The third-order valence-electron chi connectivity index (χ3n) is 9.64. The summed E-state index contributed by atoms with van der Waals surface area (Å²) in [6.07, 6.45) is 2.51. The van der Waals surface area contributed by atoms with Crippen molar-refractivity contribution in [1.82, 2.24) is 19.4 Å². The van der Waals surface area contributed by atoms with Gasteiger partial charge in [-0.2, -0.15) is 0 Å². The molecular formula is C38H48N4O7. The molecule has 0 radical (unpaired) electrons. The van der Waals surface area contributed by atoms with Crippen LogP contribution in [0.25, 0.3) is 11.0 Å². The second-order valence-corrected chi connectivity index (χ2v) is 12.6. The fourth-order valence-corrected chi connectivity index (χ4v) is 6.76. The minimum atomic E-state index is -0.431. The Labute approximate surface area is 288 Å². The van der Waals surface area contributed by atoms with Gasteiger partial charge in [-0.05, 0) is 75.1 Å². The first-order valence-electron chi connectivity index (χ1n) is 16.9. The van der Waals surface area contributed by atoms with Crippen molar-refractivity contribution in [3.63, 3.8) is 0 Å². The zero-order valence-corrected chi connectivity index (χ0v) is 29.1. The van der Waals surface area contributed by atoms with Crippen LogP contribution in [0.1, 0.15) is 65.1 Å². The fraction of sp³-hybridized carbons (Fsp3) is 0.447. The molecule has 4 aromatic rings. The Morgan fingerprint density at radius 1 is 0.959 bits per heavy atom. The lowest BCUT2D eigenvalue weighted by atomic mass is 9.90. The minimum Gasteiger partial charge on any atom is -0.493 e. The number of nitrogens with zero attached hydrogens (tertiary/aromatic N) is 4. The number of ether oxygens (including phenoxy) is 3. The highest BCUT2D eigenvalue weighted by Crippen LogP contribution is 2.38. The number of rotatable bonds is 16. The van der Waals surface area contributed by atoms with Crippen molar-refractivity contribution in [2.24, 2.45) is 5.92 Å². The number of para-hydroxylation sites is 2.